The molecule has 1 saturated heterocycles. The summed E-state index contributed by atoms with van der Waals surface area (Å²) in [7, 11) is -2.16. The summed E-state index contributed by atoms with van der Waals surface area (Å²) < 4.78 is 38.9. The quantitative estimate of drug-likeness (QED) is 0.243. The number of hydrogen-bond acceptors (Lipinski definition) is 9. The molecule has 14 heteroatoms. The van der Waals surface area contributed by atoms with Crippen LogP contribution in [0.15, 0.2) is 81.3 Å². The van der Waals surface area contributed by atoms with Crippen LogP contribution in [0.1, 0.15) is 11.4 Å². The van der Waals surface area contributed by atoms with Crippen LogP contribution in [0.2, 0.25) is 0 Å². The van der Waals surface area contributed by atoms with Gasteiger partial charge in [0.2, 0.25) is 10.0 Å². The van der Waals surface area contributed by atoms with Crippen molar-refractivity contribution in [3.05, 3.63) is 99.1 Å². The van der Waals surface area contributed by atoms with Gasteiger partial charge in [-0.3, -0.25) is 13.8 Å². The number of aromatic nitrogens is 5. The first-order valence-corrected chi connectivity index (χ1v) is 15.8. The fourth-order valence-electron chi connectivity index (χ4n) is 5.52. The number of nitrogens with zero attached hydrogens (tertiary/aromatic N) is 6. The molecule has 44 heavy (non-hydrogen) atoms. The molecule has 4 heterocycles. The average molecular weight is 620 g/mol. The molecule has 230 valence electrons. The summed E-state index contributed by atoms with van der Waals surface area (Å²) >= 11 is 0. The molecule has 1 aliphatic heterocycles. The number of ether oxygens (including phenoxy) is 2. The fourth-order valence-corrected chi connectivity index (χ4v) is 6.04. The molecular weight excluding hydrogens is 586 g/mol. The van der Waals surface area contributed by atoms with Gasteiger partial charge in [-0.25, -0.2) is 28.0 Å². The summed E-state index contributed by atoms with van der Waals surface area (Å²) in [5.41, 5.74) is 2.40. The van der Waals surface area contributed by atoms with E-state index in [0.717, 1.165) is 11.3 Å². The van der Waals surface area contributed by atoms with Crippen molar-refractivity contribution >= 4 is 32.3 Å². The van der Waals surface area contributed by atoms with E-state index in [1.165, 1.54) is 21.2 Å². The number of methoxy groups -OCH3 is 1. The molecule has 6 rings (SSSR count). The minimum atomic E-state index is -3.81. The third-order valence-electron chi connectivity index (χ3n) is 7.79. The van der Waals surface area contributed by atoms with Crippen molar-refractivity contribution in [3.63, 3.8) is 0 Å². The number of primary sulfonamides is 1. The van der Waals surface area contributed by atoms with E-state index in [1.54, 1.807) is 48.2 Å². The molecule has 0 amide bonds. The van der Waals surface area contributed by atoms with Crippen molar-refractivity contribution in [1.82, 2.24) is 23.7 Å². The Hall–Kier alpha value is -4.37. The second-order valence-corrected chi connectivity index (χ2v) is 12.3. The van der Waals surface area contributed by atoms with Crippen molar-refractivity contribution < 1.29 is 17.9 Å². The van der Waals surface area contributed by atoms with Gasteiger partial charge in [0.05, 0.1) is 41.7 Å². The highest BCUT2D eigenvalue weighted by atomic mass is 32.2. The lowest BCUT2D eigenvalue weighted by Crippen LogP contribution is -2.44. The lowest BCUT2D eigenvalue weighted by molar-refractivity contribution is -0.0100. The van der Waals surface area contributed by atoms with Crippen LogP contribution in [-0.4, -0.2) is 71.7 Å². The zero-order valence-electron chi connectivity index (χ0n) is 24.2. The molecule has 2 N–H and O–H groups in total. The van der Waals surface area contributed by atoms with Gasteiger partial charge in [0.25, 0.3) is 5.56 Å². The molecule has 1 fully saturated rings. The lowest BCUT2D eigenvalue weighted by Gasteiger charge is -2.34. The normalized spacial score (nSPS) is 15.8. The smallest absolute Gasteiger partial charge is 0.350 e. The van der Waals surface area contributed by atoms with Crippen molar-refractivity contribution in [2.75, 3.05) is 38.3 Å². The minimum Gasteiger partial charge on any atom is -0.382 e. The summed E-state index contributed by atoms with van der Waals surface area (Å²) in [5, 5.41) is 10.1. The average Bonchev–Trinajstić information content (AvgIpc) is 3.34. The van der Waals surface area contributed by atoms with E-state index in [1.807, 2.05) is 18.2 Å². The van der Waals surface area contributed by atoms with E-state index in [0.29, 0.717) is 61.6 Å². The first-order valence-electron chi connectivity index (χ1n) is 14.3. The zero-order valence-corrected chi connectivity index (χ0v) is 25.0. The molecule has 0 aliphatic carbocycles. The van der Waals surface area contributed by atoms with Crippen LogP contribution in [0.4, 0.5) is 5.69 Å². The first-order chi connectivity index (χ1) is 21.2. The van der Waals surface area contributed by atoms with E-state index in [2.05, 4.69) is 10.00 Å². The Balaban J connectivity index is 1.34. The molecule has 0 unspecified atom stereocenters. The second-order valence-electron chi connectivity index (χ2n) is 10.7. The molecular formula is C30H33N7O6S. The van der Waals surface area contributed by atoms with Gasteiger partial charge in [0, 0.05) is 45.0 Å². The highest BCUT2D eigenvalue weighted by molar-refractivity contribution is 7.89. The van der Waals surface area contributed by atoms with Crippen molar-refractivity contribution in [3.8, 4) is 0 Å². The molecule has 2 aromatic carbocycles. The first kappa shape index (κ1) is 29.7. The van der Waals surface area contributed by atoms with Gasteiger partial charge >= 0.3 is 5.69 Å². The molecule has 0 spiro atoms. The maximum atomic E-state index is 13.9. The topological polar surface area (TPSA) is 156 Å². The summed E-state index contributed by atoms with van der Waals surface area (Å²) in [6.07, 6.45) is 2.35. The van der Waals surface area contributed by atoms with Gasteiger partial charge in [-0.2, -0.15) is 0 Å². The van der Waals surface area contributed by atoms with Crippen LogP contribution in [0, 0.1) is 0 Å². The van der Waals surface area contributed by atoms with Gasteiger partial charge in [-0.05, 0) is 54.4 Å². The number of anilines is 1. The highest BCUT2D eigenvalue weighted by Crippen LogP contribution is 2.22. The number of benzene rings is 2. The molecule has 5 aromatic rings. The van der Waals surface area contributed by atoms with E-state index in [4.69, 9.17) is 19.6 Å². The van der Waals surface area contributed by atoms with Crippen LogP contribution in [-0.2, 0) is 45.4 Å². The Morgan fingerprint density at radius 2 is 1.86 bits per heavy atom. The molecule has 1 aliphatic rings. The molecule has 0 radical (unpaired) electrons. The molecule has 0 saturated carbocycles. The zero-order chi connectivity index (χ0) is 30.8. The Morgan fingerprint density at radius 1 is 1.05 bits per heavy atom. The van der Waals surface area contributed by atoms with Crippen LogP contribution < -0.4 is 21.3 Å². The third kappa shape index (κ3) is 6.15. The number of rotatable bonds is 10. The van der Waals surface area contributed by atoms with Crippen LogP contribution in [0.3, 0.4) is 0 Å². The summed E-state index contributed by atoms with van der Waals surface area (Å²) in [6, 6.07) is 17.2. The van der Waals surface area contributed by atoms with Crippen molar-refractivity contribution in [2.24, 2.45) is 5.14 Å². The number of aryl methyl sites for hydroxylation is 3. The molecule has 0 bridgehead atoms. The van der Waals surface area contributed by atoms with Gasteiger partial charge in [0.15, 0.2) is 5.65 Å². The Kier molecular flexibility index (Phi) is 8.31. The van der Waals surface area contributed by atoms with Gasteiger partial charge in [0.1, 0.15) is 5.82 Å². The van der Waals surface area contributed by atoms with Gasteiger partial charge in [-0.15, -0.1) is 5.10 Å². The SMILES string of the molecule is COC[C@@H]1CN(c2ccc3c(=O)n(CCc4ccc(S(N)(=O)=O)cc4)c(CCn4nc5ccccn5c4=O)nc3c2)CCO1. The summed E-state index contributed by atoms with van der Waals surface area (Å²) in [4.78, 5) is 34.0. The maximum absolute atomic E-state index is 13.9. The summed E-state index contributed by atoms with van der Waals surface area (Å²) in [6.45, 7) is 2.95. The largest absolute Gasteiger partial charge is 0.382 e. The number of fused-ring (bicyclic) bond motifs is 2. The summed E-state index contributed by atoms with van der Waals surface area (Å²) in [5.74, 6) is 0.518. The predicted octanol–water partition coefficient (Wildman–Crippen LogP) is 1.19. The second kappa shape index (κ2) is 12.3. The fraction of sp³-hybridized carbons (Fsp3) is 0.333. The van der Waals surface area contributed by atoms with Crippen molar-refractivity contribution in [2.45, 2.75) is 36.9 Å². The Bertz CT molecular complexity index is 2030. The van der Waals surface area contributed by atoms with Gasteiger partial charge < -0.3 is 14.4 Å². The molecule has 1 atom stereocenters. The van der Waals surface area contributed by atoms with E-state index in [9.17, 15) is 18.0 Å². The van der Waals surface area contributed by atoms with Crippen LogP contribution in [0.5, 0.6) is 0 Å². The van der Waals surface area contributed by atoms with E-state index < -0.39 is 10.0 Å². The number of morpholine rings is 1. The Labute approximate surface area is 253 Å². The van der Waals surface area contributed by atoms with Crippen LogP contribution in [0.25, 0.3) is 16.6 Å². The molecule has 3 aromatic heterocycles. The third-order valence-corrected chi connectivity index (χ3v) is 8.72. The number of nitrogens with two attached hydrogens (primary N) is 1. The van der Waals surface area contributed by atoms with Gasteiger partial charge in [-0.1, -0.05) is 18.2 Å². The number of hydrogen-bond donors (Lipinski definition) is 1. The maximum Gasteiger partial charge on any atom is 0.350 e. The van der Waals surface area contributed by atoms with Crippen molar-refractivity contribution in [1.29, 1.82) is 0 Å². The lowest BCUT2D eigenvalue weighted by atomic mass is 10.1. The van der Waals surface area contributed by atoms with Crippen LogP contribution >= 0.6 is 0 Å². The molecule has 13 nitrogen and oxygen atoms in total. The monoisotopic (exact) mass is 619 g/mol. The standard InChI is InChI=1S/C30H33N7O6S/c1-42-20-23-19-34(16-17-43-23)22-7-10-25-26(18-22)32-27(12-15-37-30(39)36-13-3-2-4-28(36)33-37)35(29(25)38)14-11-21-5-8-24(9-6-21)44(31,40)41/h2-10,13,18,23H,11-12,14-17,19-20H2,1H3,(H2,31,40,41)/t23-/m0/s1. The Morgan fingerprint density at radius 3 is 2.61 bits per heavy atom. The minimum absolute atomic E-state index is 0.0222. The number of sulfonamides is 1. The van der Waals surface area contributed by atoms with E-state index >= 15 is 0 Å². The highest BCUT2D eigenvalue weighted by Gasteiger charge is 2.22. The van der Waals surface area contributed by atoms with E-state index in [-0.39, 0.29) is 35.2 Å². The number of pyridine rings is 1. The predicted molar refractivity (Wildman–Crippen MR) is 165 cm³/mol.